The summed E-state index contributed by atoms with van der Waals surface area (Å²) in [6.07, 6.45) is 4.97. The highest BCUT2D eigenvalue weighted by molar-refractivity contribution is 6.31. The number of rotatable bonds is 2. The summed E-state index contributed by atoms with van der Waals surface area (Å²) in [7, 11) is 0. The predicted molar refractivity (Wildman–Crippen MR) is 69.5 cm³/mol. The standard InChI is InChI=1S/C15H17ClO/c1-9-2-4-12(8-14(9)16)15(17)13-7-10-3-5-11(13)6-10/h2,4,8,10-11,13H,3,5-7H2,1H3. The molecule has 2 aliphatic carbocycles. The molecule has 17 heavy (non-hydrogen) atoms. The maximum absolute atomic E-state index is 12.4. The molecule has 2 saturated carbocycles. The minimum absolute atomic E-state index is 0.271. The summed E-state index contributed by atoms with van der Waals surface area (Å²) < 4.78 is 0. The molecule has 3 atom stereocenters. The minimum Gasteiger partial charge on any atom is -0.294 e. The van der Waals surface area contributed by atoms with Crippen LogP contribution in [-0.4, -0.2) is 5.78 Å². The van der Waals surface area contributed by atoms with E-state index in [4.69, 9.17) is 11.6 Å². The highest BCUT2D eigenvalue weighted by atomic mass is 35.5. The molecule has 0 saturated heterocycles. The summed E-state index contributed by atoms with van der Waals surface area (Å²) in [4.78, 5) is 12.4. The van der Waals surface area contributed by atoms with Crippen LogP contribution in [0.25, 0.3) is 0 Å². The Labute approximate surface area is 107 Å². The van der Waals surface area contributed by atoms with Crippen molar-refractivity contribution in [2.75, 3.05) is 0 Å². The Morgan fingerprint density at radius 2 is 2.12 bits per heavy atom. The maximum atomic E-state index is 12.4. The van der Waals surface area contributed by atoms with Crippen molar-refractivity contribution in [2.24, 2.45) is 17.8 Å². The van der Waals surface area contributed by atoms with E-state index >= 15 is 0 Å². The molecule has 2 heteroatoms. The topological polar surface area (TPSA) is 17.1 Å². The highest BCUT2D eigenvalue weighted by Gasteiger charge is 2.43. The fourth-order valence-corrected chi connectivity index (χ4v) is 3.71. The highest BCUT2D eigenvalue weighted by Crippen LogP contribution is 2.49. The van der Waals surface area contributed by atoms with Gasteiger partial charge in [0.25, 0.3) is 0 Å². The Morgan fingerprint density at radius 1 is 1.29 bits per heavy atom. The lowest BCUT2D eigenvalue weighted by atomic mass is 9.83. The van der Waals surface area contributed by atoms with Crippen LogP contribution in [0.4, 0.5) is 0 Å². The number of benzene rings is 1. The SMILES string of the molecule is Cc1ccc(C(=O)C2CC3CCC2C3)cc1Cl. The monoisotopic (exact) mass is 248 g/mol. The lowest BCUT2D eigenvalue weighted by Gasteiger charge is -2.20. The molecule has 2 aliphatic rings. The first-order valence-electron chi connectivity index (χ1n) is 6.45. The Bertz CT molecular complexity index is 466. The fraction of sp³-hybridized carbons (Fsp3) is 0.533. The Balaban J connectivity index is 1.84. The minimum atomic E-state index is 0.271. The molecule has 3 rings (SSSR count). The van der Waals surface area contributed by atoms with Crippen LogP contribution in [0.3, 0.4) is 0 Å². The third-order valence-electron chi connectivity index (χ3n) is 4.53. The van der Waals surface area contributed by atoms with Crippen LogP contribution in [-0.2, 0) is 0 Å². The molecule has 0 amide bonds. The first kappa shape index (κ1) is 11.3. The van der Waals surface area contributed by atoms with Crippen molar-refractivity contribution >= 4 is 17.4 Å². The zero-order chi connectivity index (χ0) is 12.0. The molecule has 0 spiro atoms. The van der Waals surface area contributed by atoms with E-state index in [9.17, 15) is 4.79 Å². The summed E-state index contributed by atoms with van der Waals surface area (Å²) in [5, 5.41) is 0.707. The number of hydrogen-bond donors (Lipinski definition) is 0. The van der Waals surface area contributed by atoms with E-state index in [-0.39, 0.29) is 5.92 Å². The number of Topliss-reactive ketones (excluding diaryl/α,β-unsaturated/α-hetero) is 1. The van der Waals surface area contributed by atoms with Crippen molar-refractivity contribution < 1.29 is 4.79 Å². The van der Waals surface area contributed by atoms with E-state index < -0.39 is 0 Å². The normalized spacial score (nSPS) is 30.8. The summed E-state index contributed by atoms with van der Waals surface area (Å²) in [5.41, 5.74) is 1.84. The third kappa shape index (κ3) is 1.91. The number of halogens is 1. The van der Waals surface area contributed by atoms with Crippen LogP contribution in [0.5, 0.6) is 0 Å². The Hall–Kier alpha value is -0.820. The summed E-state index contributed by atoms with van der Waals surface area (Å²) in [6.45, 7) is 1.97. The Kier molecular flexibility index (Phi) is 2.74. The summed E-state index contributed by atoms with van der Waals surface area (Å²) in [5.74, 6) is 2.05. The van der Waals surface area contributed by atoms with Crippen molar-refractivity contribution in [3.63, 3.8) is 0 Å². The second-order valence-electron chi connectivity index (χ2n) is 5.61. The maximum Gasteiger partial charge on any atom is 0.166 e. The van der Waals surface area contributed by atoms with Gasteiger partial charge < -0.3 is 0 Å². The van der Waals surface area contributed by atoms with Crippen LogP contribution in [0.1, 0.15) is 41.6 Å². The first-order chi connectivity index (χ1) is 8.15. The number of hydrogen-bond acceptors (Lipinski definition) is 1. The average molecular weight is 249 g/mol. The smallest absolute Gasteiger partial charge is 0.166 e. The van der Waals surface area contributed by atoms with E-state index in [1.807, 2.05) is 25.1 Å². The average Bonchev–Trinajstić information content (AvgIpc) is 2.93. The van der Waals surface area contributed by atoms with Gasteiger partial charge in [-0.25, -0.2) is 0 Å². The van der Waals surface area contributed by atoms with Crippen LogP contribution >= 0.6 is 11.6 Å². The molecule has 3 unspecified atom stereocenters. The van der Waals surface area contributed by atoms with Crippen LogP contribution in [0.15, 0.2) is 18.2 Å². The molecular formula is C15H17ClO. The largest absolute Gasteiger partial charge is 0.294 e. The molecule has 2 bridgehead atoms. The van der Waals surface area contributed by atoms with E-state index in [1.165, 1.54) is 19.3 Å². The van der Waals surface area contributed by atoms with Crippen molar-refractivity contribution in [3.05, 3.63) is 34.3 Å². The number of fused-ring (bicyclic) bond motifs is 2. The van der Waals surface area contributed by atoms with Gasteiger partial charge in [-0.2, -0.15) is 0 Å². The number of ketones is 1. The predicted octanol–water partition coefficient (Wildman–Crippen LogP) is 4.27. The Morgan fingerprint density at radius 3 is 2.71 bits per heavy atom. The molecule has 0 aromatic heterocycles. The van der Waals surface area contributed by atoms with Crippen LogP contribution < -0.4 is 0 Å². The van der Waals surface area contributed by atoms with Gasteiger partial charge in [0, 0.05) is 16.5 Å². The molecular weight excluding hydrogens is 232 g/mol. The zero-order valence-electron chi connectivity index (χ0n) is 10.1. The van der Waals surface area contributed by atoms with E-state index in [0.717, 1.165) is 23.5 Å². The lowest BCUT2D eigenvalue weighted by molar-refractivity contribution is 0.0875. The van der Waals surface area contributed by atoms with Gasteiger partial charge in [0.15, 0.2) is 5.78 Å². The van der Waals surface area contributed by atoms with Crippen molar-refractivity contribution in [1.29, 1.82) is 0 Å². The van der Waals surface area contributed by atoms with Crippen LogP contribution in [0.2, 0.25) is 5.02 Å². The van der Waals surface area contributed by atoms with Gasteiger partial charge in [0.2, 0.25) is 0 Å². The number of carbonyl (C=O) groups is 1. The second-order valence-corrected chi connectivity index (χ2v) is 6.02. The number of carbonyl (C=O) groups excluding carboxylic acids is 1. The molecule has 1 nitrogen and oxygen atoms in total. The molecule has 0 N–H and O–H groups in total. The number of aryl methyl sites for hydroxylation is 1. The first-order valence-corrected chi connectivity index (χ1v) is 6.83. The van der Waals surface area contributed by atoms with Crippen molar-refractivity contribution in [2.45, 2.75) is 32.6 Å². The van der Waals surface area contributed by atoms with Gasteiger partial charge in [-0.05, 0) is 49.7 Å². The molecule has 2 fully saturated rings. The van der Waals surface area contributed by atoms with Gasteiger partial charge in [-0.15, -0.1) is 0 Å². The van der Waals surface area contributed by atoms with Gasteiger partial charge >= 0.3 is 0 Å². The quantitative estimate of drug-likeness (QED) is 0.715. The molecule has 1 aromatic carbocycles. The summed E-state index contributed by atoms with van der Waals surface area (Å²) in [6, 6.07) is 5.71. The molecule has 0 aliphatic heterocycles. The molecule has 1 aromatic rings. The summed E-state index contributed by atoms with van der Waals surface area (Å²) >= 11 is 6.09. The molecule has 0 radical (unpaired) electrons. The van der Waals surface area contributed by atoms with Gasteiger partial charge in [0.05, 0.1) is 0 Å². The second kappa shape index (κ2) is 4.13. The molecule has 90 valence electrons. The zero-order valence-corrected chi connectivity index (χ0v) is 10.8. The van der Waals surface area contributed by atoms with E-state index in [2.05, 4.69) is 0 Å². The third-order valence-corrected chi connectivity index (χ3v) is 4.94. The molecule has 0 heterocycles. The fourth-order valence-electron chi connectivity index (χ4n) is 3.53. The van der Waals surface area contributed by atoms with Gasteiger partial charge in [0.1, 0.15) is 0 Å². The van der Waals surface area contributed by atoms with Gasteiger partial charge in [-0.1, -0.05) is 30.2 Å². The van der Waals surface area contributed by atoms with E-state index in [1.54, 1.807) is 0 Å². The van der Waals surface area contributed by atoms with E-state index in [0.29, 0.717) is 16.7 Å². The van der Waals surface area contributed by atoms with Crippen molar-refractivity contribution in [1.82, 2.24) is 0 Å². The van der Waals surface area contributed by atoms with Crippen molar-refractivity contribution in [3.8, 4) is 0 Å². The van der Waals surface area contributed by atoms with Crippen LogP contribution in [0, 0.1) is 24.7 Å². The van der Waals surface area contributed by atoms with Gasteiger partial charge in [-0.3, -0.25) is 4.79 Å². The lowest BCUT2D eigenvalue weighted by Crippen LogP contribution is -2.21.